The van der Waals surface area contributed by atoms with Crippen LogP contribution in [0.15, 0.2) is 41.4 Å². The van der Waals surface area contributed by atoms with Gasteiger partial charge in [-0.1, -0.05) is 29.8 Å². The van der Waals surface area contributed by atoms with Crippen LogP contribution in [-0.2, 0) is 10.0 Å². The second-order valence-electron chi connectivity index (χ2n) is 4.82. The molecule has 0 saturated heterocycles. The van der Waals surface area contributed by atoms with E-state index in [0.29, 0.717) is 12.1 Å². The highest BCUT2D eigenvalue weighted by Crippen LogP contribution is 2.29. The maximum atomic E-state index is 11.6. The van der Waals surface area contributed by atoms with Crippen LogP contribution < -0.4 is 16.2 Å². The number of anilines is 1. The number of sulfonamides is 1. The number of aromatic nitrogens is 1. The molecule has 2 rings (SSSR count). The zero-order valence-electron chi connectivity index (χ0n) is 13.4. The molecular formula is C15H20N4O4S. The lowest BCUT2D eigenvalue weighted by Crippen LogP contribution is -2.19. The van der Waals surface area contributed by atoms with Crippen LogP contribution >= 0.6 is 0 Å². The molecule has 2 aromatic rings. The maximum absolute atomic E-state index is 11.6. The van der Waals surface area contributed by atoms with E-state index in [9.17, 15) is 13.2 Å². The van der Waals surface area contributed by atoms with Crippen LogP contribution in [0.3, 0.4) is 0 Å². The Kier molecular flexibility index (Phi) is 6.69. The number of carbonyl (C=O) groups is 1. The third kappa shape index (κ3) is 5.52. The van der Waals surface area contributed by atoms with Crippen molar-refractivity contribution in [3.8, 4) is 11.1 Å². The predicted molar refractivity (Wildman–Crippen MR) is 91.9 cm³/mol. The number of aryl methyl sites for hydroxylation is 1. The number of nitrogen functional groups attached to an aromatic ring is 1. The predicted octanol–water partition coefficient (Wildman–Crippen LogP) is 1.56. The molecule has 1 heterocycles. The number of rotatable bonds is 3. The molecule has 0 fully saturated rings. The second kappa shape index (κ2) is 8.27. The Labute approximate surface area is 140 Å². The summed E-state index contributed by atoms with van der Waals surface area (Å²) >= 11 is 0. The van der Waals surface area contributed by atoms with Gasteiger partial charge in [-0.05, 0) is 25.5 Å². The summed E-state index contributed by atoms with van der Waals surface area (Å²) in [4.78, 5) is 13.1. The Bertz CT molecular complexity index is 822. The van der Waals surface area contributed by atoms with E-state index in [-0.39, 0.29) is 10.7 Å². The molecule has 0 unspecified atom stereocenters. The summed E-state index contributed by atoms with van der Waals surface area (Å²) in [7, 11) is -3.91. The number of hydrogen-bond acceptors (Lipinski definition) is 5. The van der Waals surface area contributed by atoms with Crippen LogP contribution in [0.4, 0.5) is 10.6 Å². The number of amides is 1. The lowest BCUT2D eigenvalue weighted by molar-refractivity contribution is 0.195. The van der Waals surface area contributed by atoms with Crippen LogP contribution in [0, 0.1) is 6.92 Å². The monoisotopic (exact) mass is 352 g/mol. The second-order valence-corrected chi connectivity index (χ2v) is 6.32. The van der Waals surface area contributed by atoms with Gasteiger partial charge in [0.15, 0.2) is 0 Å². The molecule has 0 bridgehead atoms. The standard InChI is InChI=1S/C12H13N3O2S.C3H7NO2/c1-8-3-2-4-9(7-8)10-5-6-15-12(13)11(10)18(14,16)17;1-2-4-3(5)6/h2-7H,1H3,(H2,13,15)(H2,14,16,17);4H,2H2,1H3,(H,5,6). The maximum Gasteiger partial charge on any atom is 0.404 e. The van der Waals surface area contributed by atoms with Crippen molar-refractivity contribution in [1.82, 2.24) is 10.3 Å². The van der Waals surface area contributed by atoms with E-state index in [1.165, 1.54) is 6.20 Å². The van der Waals surface area contributed by atoms with E-state index in [4.69, 9.17) is 16.0 Å². The van der Waals surface area contributed by atoms with Crippen LogP contribution in [0.25, 0.3) is 11.1 Å². The Hall–Kier alpha value is -2.65. The first kappa shape index (κ1) is 19.4. The van der Waals surface area contributed by atoms with Crippen molar-refractivity contribution in [2.45, 2.75) is 18.7 Å². The molecule has 0 aliphatic carbocycles. The zero-order valence-corrected chi connectivity index (χ0v) is 14.2. The molecule has 0 atom stereocenters. The summed E-state index contributed by atoms with van der Waals surface area (Å²) in [5, 5.41) is 15.1. The van der Waals surface area contributed by atoms with Crippen molar-refractivity contribution in [3.63, 3.8) is 0 Å². The Morgan fingerprint density at radius 2 is 2.00 bits per heavy atom. The molecule has 6 N–H and O–H groups in total. The molecule has 1 aromatic heterocycles. The van der Waals surface area contributed by atoms with Gasteiger partial charge in [-0.3, -0.25) is 0 Å². The average molecular weight is 352 g/mol. The quantitative estimate of drug-likeness (QED) is 0.658. The van der Waals surface area contributed by atoms with Gasteiger partial charge in [0.25, 0.3) is 0 Å². The van der Waals surface area contributed by atoms with Gasteiger partial charge in [-0.25, -0.2) is 23.3 Å². The summed E-state index contributed by atoms with van der Waals surface area (Å²) < 4.78 is 23.2. The molecule has 24 heavy (non-hydrogen) atoms. The number of primary sulfonamides is 1. The van der Waals surface area contributed by atoms with Crippen molar-refractivity contribution < 1.29 is 18.3 Å². The fraction of sp³-hybridized carbons (Fsp3) is 0.200. The molecule has 1 aromatic carbocycles. The van der Waals surface area contributed by atoms with Gasteiger partial charge < -0.3 is 16.2 Å². The Balaban J connectivity index is 0.000000413. The Morgan fingerprint density at radius 3 is 2.46 bits per heavy atom. The minimum absolute atomic E-state index is 0.0866. The van der Waals surface area contributed by atoms with E-state index in [2.05, 4.69) is 10.3 Å². The molecular weight excluding hydrogens is 332 g/mol. The fourth-order valence-electron chi connectivity index (χ4n) is 1.95. The lowest BCUT2D eigenvalue weighted by atomic mass is 10.0. The van der Waals surface area contributed by atoms with Crippen LogP contribution in [0.2, 0.25) is 0 Å². The minimum atomic E-state index is -3.91. The number of carboxylic acid groups (broad SMARTS) is 1. The third-order valence-electron chi connectivity index (χ3n) is 2.87. The van der Waals surface area contributed by atoms with Gasteiger partial charge in [0.05, 0.1) is 0 Å². The summed E-state index contributed by atoms with van der Waals surface area (Å²) in [6, 6.07) is 9.02. The molecule has 0 saturated carbocycles. The lowest BCUT2D eigenvalue weighted by Gasteiger charge is -2.10. The molecule has 130 valence electrons. The van der Waals surface area contributed by atoms with E-state index < -0.39 is 16.1 Å². The number of nitrogens with two attached hydrogens (primary N) is 2. The number of pyridine rings is 1. The molecule has 0 radical (unpaired) electrons. The van der Waals surface area contributed by atoms with Crippen molar-refractivity contribution in [3.05, 3.63) is 42.1 Å². The van der Waals surface area contributed by atoms with E-state index in [1.54, 1.807) is 19.1 Å². The van der Waals surface area contributed by atoms with Crippen molar-refractivity contribution in [2.75, 3.05) is 12.3 Å². The topological polar surface area (TPSA) is 148 Å². The largest absolute Gasteiger partial charge is 0.465 e. The third-order valence-corrected chi connectivity index (χ3v) is 3.87. The van der Waals surface area contributed by atoms with E-state index in [1.807, 2.05) is 25.1 Å². The molecule has 0 aliphatic heterocycles. The Morgan fingerprint density at radius 1 is 1.33 bits per heavy atom. The van der Waals surface area contributed by atoms with Gasteiger partial charge in [0, 0.05) is 18.3 Å². The number of nitrogens with zero attached hydrogens (tertiary/aromatic N) is 1. The normalized spacial score (nSPS) is 10.5. The summed E-state index contributed by atoms with van der Waals surface area (Å²) in [6.45, 7) is 4.13. The molecule has 0 spiro atoms. The van der Waals surface area contributed by atoms with Crippen LogP contribution in [0.1, 0.15) is 12.5 Å². The number of hydrogen-bond donors (Lipinski definition) is 4. The number of benzene rings is 1. The van der Waals surface area contributed by atoms with Gasteiger partial charge in [0.1, 0.15) is 10.7 Å². The molecule has 8 nitrogen and oxygen atoms in total. The van der Waals surface area contributed by atoms with E-state index >= 15 is 0 Å². The smallest absolute Gasteiger partial charge is 0.404 e. The van der Waals surface area contributed by atoms with E-state index in [0.717, 1.165) is 11.1 Å². The van der Waals surface area contributed by atoms with Crippen LogP contribution in [0.5, 0.6) is 0 Å². The first-order valence-corrected chi connectivity index (χ1v) is 8.52. The van der Waals surface area contributed by atoms with Gasteiger partial charge in [0.2, 0.25) is 10.0 Å². The molecule has 9 heteroatoms. The van der Waals surface area contributed by atoms with Gasteiger partial charge >= 0.3 is 6.09 Å². The summed E-state index contributed by atoms with van der Waals surface area (Å²) in [5.74, 6) is -0.0866. The van der Waals surface area contributed by atoms with Crippen molar-refractivity contribution in [1.29, 1.82) is 0 Å². The van der Waals surface area contributed by atoms with Crippen molar-refractivity contribution >= 4 is 21.9 Å². The number of nitrogens with one attached hydrogen (secondary N) is 1. The molecule has 1 amide bonds. The zero-order chi connectivity index (χ0) is 18.3. The van der Waals surface area contributed by atoms with Gasteiger partial charge in [-0.2, -0.15) is 0 Å². The highest BCUT2D eigenvalue weighted by molar-refractivity contribution is 7.89. The van der Waals surface area contributed by atoms with Crippen LogP contribution in [-0.4, -0.2) is 31.1 Å². The first-order valence-electron chi connectivity index (χ1n) is 6.98. The highest BCUT2D eigenvalue weighted by Gasteiger charge is 2.19. The van der Waals surface area contributed by atoms with Crippen molar-refractivity contribution in [2.24, 2.45) is 5.14 Å². The SMILES string of the molecule is CCNC(=O)O.Cc1cccc(-c2ccnc(N)c2S(N)(=O)=O)c1. The fourth-order valence-corrected chi connectivity index (χ4v) is 2.79. The summed E-state index contributed by atoms with van der Waals surface area (Å²) in [5.41, 5.74) is 7.84. The van der Waals surface area contributed by atoms with Gasteiger partial charge in [-0.15, -0.1) is 0 Å². The minimum Gasteiger partial charge on any atom is -0.465 e. The first-order chi connectivity index (χ1) is 11.2. The summed E-state index contributed by atoms with van der Waals surface area (Å²) in [6.07, 6.45) is 0.499. The molecule has 0 aliphatic rings. The average Bonchev–Trinajstić information content (AvgIpc) is 2.46. The highest BCUT2D eigenvalue weighted by atomic mass is 32.2.